The van der Waals surface area contributed by atoms with E-state index in [1.54, 1.807) is 19.1 Å². The number of primary sulfonamides is 1. The summed E-state index contributed by atoms with van der Waals surface area (Å²) >= 11 is 0. The van der Waals surface area contributed by atoms with Gasteiger partial charge in [-0.1, -0.05) is 6.07 Å². The molecule has 4 aliphatic carbocycles. The van der Waals surface area contributed by atoms with Gasteiger partial charge in [-0.15, -0.1) is 0 Å². The Morgan fingerprint density at radius 2 is 1.70 bits per heavy atom. The molecule has 1 aromatic rings. The standard InChI is InChI=1S/C22H31N3O4S/c1-14-4-5-18(10-19(14)30(23,28)29)25-20(26)3-2-6-24-21(27)22-11-15-7-16(12-22)9-17(8-15)13-22/h4-5,10,15-17H,2-3,6-9,11-13H2,1H3,(H,24,27)(H,25,26)(H2,23,28,29). The first kappa shape index (κ1) is 21.3. The van der Waals surface area contributed by atoms with Crippen molar-refractivity contribution < 1.29 is 18.0 Å². The third-order valence-electron chi connectivity index (χ3n) is 7.16. The summed E-state index contributed by atoms with van der Waals surface area (Å²) in [5, 5.41) is 11.0. The smallest absolute Gasteiger partial charge is 0.238 e. The van der Waals surface area contributed by atoms with E-state index in [-0.39, 0.29) is 28.5 Å². The number of amides is 2. The zero-order chi connectivity index (χ0) is 21.5. The fourth-order valence-electron chi connectivity index (χ4n) is 6.23. The minimum Gasteiger partial charge on any atom is -0.356 e. The van der Waals surface area contributed by atoms with Gasteiger partial charge in [-0.2, -0.15) is 0 Å². The van der Waals surface area contributed by atoms with Gasteiger partial charge in [-0.3, -0.25) is 9.59 Å². The molecule has 0 unspecified atom stereocenters. The monoisotopic (exact) mass is 433 g/mol. The lowest BCUT2D eigenvalue weighted by atomic mass is 9.49. The maximum Gasteiger partial charge on any atom is 0.238 e. The number of carbonyl (C=O) groups excluding carboxylic acids is 2. The number of aryl methyl sites for hydroxylation is 1. The van der Waals surface area contributed by atoms with Gasteiger partial charge < -0.3 is 10.6 Å². The predicted octanol–water partition coefficient (Wildman–Crippen LogP) is 2.69. The minimum atomic E-state index is -3.84. The van der Waals surface area contributed by atoms with Crippen molar-refractivity contribution in [2.75, 3.05) is 11.9 Å². The van der Waals surface area contributed by atoms with Gasteiger partial charge in [0, 0.05) is 24.1 Å². The lowest BCUT2D eigenvalue weighted by molar-refractivity contribution is -0.146. The molecule has 5 rings (SSSR count). The Labute approximate surface area is 178 Å². The summed E-state index contributed by atoms with van der Waals surface area (Å²) in [5.74, 6) is 2.14. The molecule has 164 valence electrons. The molecule has 0 aliphatic heterocycles. The third kappa shape index (κ3) is 4.39. The molecule has 1 aromatic carbocycles. The number of benzene rings is 1. The quantitative estimate of drug-likeness (QED) is 0.573. The van der Waals surface area contributed by atoms with Crippen LogP contribution >= 0.6 is 0 Å². The molecule has 4 saturated carbocycles. The van der Waals surface area contributed by atoms with E-state index in [4.69, 9.17) is 5.14 Å². The molecule has 30 heavy (non-hydrogen) atoms. The van der Waals surface area contributed by atoms with Crippen molar-refractivity contribution in [2.45, 2.75) is 63.2 Å². The van der Waals surface area contributed by atoms with Gasteiger partial charge >= 0.3 is 0 Å². The molecular formula is C22H31N3O4S. The first-order valence-electron chi connectivity index (χ1n) is 10.9. The minimum absolute atomic E-state index is 0.00290. The highest BCUT2D eigenvalue weighted by atomic mass is 32.2. The van der Waals surface area contributed by atoms with Crippen LogP contribution in [-0.4, -0.2) is 26.8 Å². The first-order valence-corrected chi connectivity index (χ1v) is 12.4. The van der Waals surface area contributed by atoms with Gasteiger partial charge in [0.2, 0.25) is 21.8 Å². The fraction of sp³-hybridized carbons (Fsp3) is 0.636. The van der Waals surface area contributed by atoms with Crippen LogP contribution in [0.5, 0.6) is 0 Å². The van der Waals surface area contributed by atoms with E-state index in [1.165, 1.54) is 25.3 Å². The van der Waals surface area contributed by atoms with Gasteiger partial charge in [-0.05, 0) is 87.3 Å². The van der Waals surface area contributed by atoms with Crippen LogP contribution in [0.2, 0.25) is 0 Å². The molecule has 0 heterocycles. The van der Waals surface area contributed by atoms with E-state index in [0.717, 1.165) is 37.0 Å². The SMILES string of the molecule is Cc1ccc(NC(=O)CCCNC(=O)C23CC4CC(CC(C4)C2)C3)cc1S(N)(=O)=O. The topological polar surface area (TPSA) is 118 Å². The van der Waals surface area contributed by atoms with Gasteiger partial charge in [0.05, 0.1) is 4.90 Å². The summed E-state index contributed by atoms with van der Waals surface area (Å²) in [5.41, 5.74) is 0.762. The molecule has 4 N–H and O–H groups in total. The third-order valence-corrected chi connectivity index (χ3v) is 8.22. The van der Waals surface area contributed by atoms with Crippen LogP contribution < -0.4 is 15.8 Å². The normalized spacial score (nSPS) is 29.6. The highest BCUT2D eigenvalue weighted by Gasteiger charge is 2.54. The highest BCUT2D eigenvalue weighted by molar-refractivity contribution is 7.89. The Kier molecular flexibility index (Phi) is 5.66. The van der Waals surface area contributed by atoms with Crippen molar-refractivity contribution >= 4 is 27.5 Å². The van der Waals surface area contributed by atoms with Crippen molar-refractivity contribution in [3.63, 3.8) is 0 Å². The average molecular weight is 434 g/mol. The van der Waals surface area contributed by atoms with Crippen LogP contribution in [0.3, 0.4) is 0 Å². The molecule has 4 fully saturated rings. The van der Waals surface area contributed by atoms with Crippen LogP contribution in [0.15, 0.2) is 23.1 Å². The van der Waals surface area contributed by atoms with Crippen molar-refractivity contribution in [2.24, 2.45) is 28.3 Å². The number of anilines is 1. The number of sulfonamides is 1. The van der Waals surface area contributed by atoms with E-state index < -0.39 is 10.0 Å². The van der Waals surface area contributed by atoms with Gasteiger partial charge in [-0.25, -0.2) is 13.6 Å². The Morgan fingerprint density at radius 3 is 2.27 bits per heavy atom. The molecular weight excluding hydrogens is 402 g/mol. The summed E-state index contributed by atoms with van der Waals surface area (Å²) < 4.78 is 23.2. The van der Waals surface area contributed by atoms with E-state index >= 15 is 0 Å². The Bertz CT molecular complexity index is 922. The van der Waals surface area contributed by atoms with Crippen molar-refractivity contribution in [1.82, 2.24) is 5.32 Å². The predicted molar refractivity (Wildman–Crippen MR) is 114 cm³/mol. The molecule has 2 amide bonds. The number of nitrogens with one attached hydrogen (secondary N) is 2. The van der Waals surface area contributed by atoms with E-state index in [1.807, 2.05) is 0 Å². The second-order valence-corrected chi connectivity index (χ2v) is 11.2. The van der Waals surface area contributed by atoms with Crippen LogP contribution in [0.4, 0.5) is 5.69 Å². The highest BCUT2D eigenvalue weighted by Crippen LogP contribution is 2.60. The Morgan fingerprint density at radius 1 is 1.10 bits per heavy atom. The van der Waals surface area contributed by atoms with Crippen LogP contribution in [-0.2, 0) is 19.6 Å². The molecule has 0 radical (unpaired) electrons. The number of nitrogens with two attached hydrogens (primary N) is 1. The number of hydrogen-bond acceptors (Lipinski definition) is 4. The number of hydrogen-bond donors (Lipinski definition) is 3. The van der Waals surface area contributed by atoms with Crippen LogP contribution in [0.25, 0.3) is 0 Å². The molecule has 0 aromatic heterocycles. The molecule has 7 nitrogen and oxygen atoms in total. The van der Waals surface area contributed by atoms with Gasteiger partial charge in [0.25, 0.3) is 0 Å². The maximum atomic E-state index is 12.9. The maximum absolute atomic E-state index is 12.9. The van der Waals surface area contributed by atoms with E-state index in [9.17, 15) is 18.0 Å². The van der Waals surface area contributed by atoms with Crippen molar-refractivity contribution in [1.29, 1.82) is 0 Å². The van der Waals surface area contributed by atoms with Gasteiger partial charge in [0.15, 0.2) is 0 Å². The molecule has 8 heteroatoms. The molecule has 4 bridgehead atoms. The lowest BCUT2D eigenvalue weighted by Gasteiger charge is -2.55. The zero-order valence-corrected chi connectivity index (χ0v) is 18.3. The van der Waals surface area contributed by atoms with Gasteiger partial charge in [0.1, 0.15) is 0 Å². The fourth-order valence-corrected chi connectivity index (χ4v) is 7.04. The molecule has 0 spiro atoms. The largest absolute Gasteiger partial charge is 0.356 e. The average Bonchev–Trinajstić information content (AvgIpc) is 2.64. The van der Waals surface area contributed by atoms with Crippen LogP contribution in [0, 0.1) is 30.1 Å². The lowest BCUT2D eigenvalue weighted by Crippen LogP contribution is -2.53. The summed E-state index contributed by atoms with van der Waals surface area (Å²) in [6, 6.07) is 4.63. The second kappa shape index (κ2) is 7.96. The molecule has 0 saturated heterocycles. The summed E-state index contributed by atoms with van der Waals surface area (Å²) in [6.07, 6.45) is 7.80. The first-order chi connectivity index (χ1) is 14.1. The van der Waals surface area contributed by atoms with E-state index in [0.29, 0.717) is 24.2 Å². The molecule has 0 atom stereocenters. The zero-order valence-electron chi connectivity index (χ0n) is 17.4. The summed E-state index contributed by atoms with van der Waals surface area (Å²) in [4.78, 5) is 25.1. The van der Waals surface area contributed by atoms with Crippen molar-refractivity contribution in [3.8, 4) is 0 Å². The second-order valence-electron chi connectivity index (χ2n) is 9.63. The Hall–Kier alpha value is -1.93. The Balaban J connectivity index is 1.24. The number of rotatable bonds is 7. The van der Waals surface area contributed by atoms with E-state index in [2.05, 4.69) is 10.6 Å². The van der Waals surface area contributed by atoms with Crippen LogP contribution in [0.1, 0.15) is 56.9 Å². The summed E-state index contributed by atoms with van der Waals surface area (Å²) in [7, 11) is -3.84. The summed E-state index contributed by atoms with van der Waals surface area (Å²) in [6.45, 7) is 2.13. The molecule has 4 aliphatic rings. The van der Waals surface area contributed by atoms with Crippen molar-refractivity contribution in [3.05, 3.63) is 23.8 Å². The number of carbonyl (C=O) groups is 2.